The molecule has 1 aliphatic rings. The number of urea groups is 1. The van der Waals surface area contributed by atoms with Crippen LogP contribution in [0.4, 0.5) is 10.5 Å². The Morgan fingerprint density at radius 1 is 1.32 bits per heavy atom. The molecule has 0 fully saturated rings. The van der Waals surface area contributed by atoms with Gasteiger partial charge in [-0.2, -0.15) is 0 Å². The van der Waals surface area contributed by atoms with Crippen LogP contribution in [-0.4, -0.2) is 52.4 Å². The molecule has 3 N–H and O–H groups in total. The molecule has 136 valence electrons. The average Bonchev–Trinajstić information content (AvgIpc) is 2.88. The van der Waals surface area contributed by atoms with Crippen LogP contribution < -0.4 is 16.0 Å². The third-order valence-electron chi connectivity index (χ3n) is 3.58. The zero-order chi connectivity index (χ0) is 18.4. The summed E-state index contributed by atoms with van der Waals surface area (Å²) >= 11 is 0. The van der Waals surface area contributed by atoms with E-state index in [0.29, 0.717) is 30.0 Å². The van der Waals surface area contributed by atoms with Crippen LogP contribution in [-0.2, 0) is 14.6 Å². The lowest BCUT2D eigenvalue weighted by atomic mass is 10.1. The van der Waals surface area contributed by atoms with E-state index < -0.39 is 21.9 Å². The van der Waals surface area contributed by atoms with E-state index in [0.717, 1.165) is 5.41 Å². The summed E-state index contributed by atoms with van der Waals surface area (Å²) < 4.78 is 27.5. The predicted octanol–water partition coefficient (Wildman–Crippen LogP) is 0.803. The van der Waals surface area contributed by atoms with E-state index in [4.69, 9.17) is 4.74 Å². The highest BCUT2D eigenvalue weighted by atomic mass is 32.2. The predicted molar refractivity (Wildman–Crippen MR) is 94.3 cm³/mol. The van der Waals surface area contributed by atoms with Crippen LogP contribution in [0.5, 0.6) is 0 Å². The van der Waals surface area contributed by atoms with E-state index in [1.807, 2.05) is 0 Å². The molecule has 1 aliphatic heterocycles. The molecule has 1 atom stereocenters. The quantitative estimate of drug-likeness (QED) is 0.644. The number of carbonyl (C=O) groups excluding carboxylic acids is 2. The van der Waals surface area contributed by atoms with Gasteiger partial charge in [-0.05, 0) is 36.8 Å². The molecule has 25 heavy (non-hydrogen) atoms. The standard InChI is InChI=1S/C16H21N3O5S/c1-11-9-12(15(20)17-6-7-24-2)3-4-14(11)19-16(21)18-13-5-8-25(22,23)10-13/h3-5,8-9,13H,6-7,10H2,1-2H3,(H,17,20)(H2,18,19,21)/t13-/m0/s1. The highest BCUT2D eigenvalue weighted by molar-refractivity contribution is 7.94. The lowest BCUT2D eigenvalue weighted by Crippen LogP contribution is -2.38. The molecular weight excluding hydrogens is 346 g/mol. The molecule has 9 heteroatoms. The lowest BCUT2D eigenvalue weighted by molar-refractivity contribution is 0.0937. The summed E-state index contributed by atoms with van der Waals surface area (Å²) in [5.41, 5.74) is 1.73. The fourth-order valence-corrected chi connectivity index (χ4v) is 3.54. The van der Waals surface area contributed by atoms with Gasteiger partial charge in [0.25, 0.3) is 5.91 Å². The Hall–Kier alpha value is -2.39. The molecule has 0 saturated carbocycles. The second kappa shape index (κ2) is 8.13. The van der Waals surface area contributed by atoms with Gasteiger partial charge < -0.3 is 20.7 Å². The number of hydrogen-bond donors (Lipinski definition) is 3. The summed E-state index contributed by atoms with van der Waals surface area (Å²) in [4.78, 5) is 23.9. The molecule has 8 nitrogen and oxygen atoms in total. The number of carbonyl (C=O) groups is 2. The molecule has 0 spiro atoms. The third kappa shape index (κ3) is 5.57. The first-order valence-electron chi connectivity index (χ1n) is 7.67. The second-order valence-electron chi connectivity index (χ2n) is 5.64. The van der Waals surface area contributed by atoms with E-state index >= 15 is 0 Å². The van der Waals surface area contributed by atoms with Crippen molar-refractivity contribution >= 4 is 27.5 Å². The molecule has 0 bridgehead atoms. The number of amides is 3. The smallest absolute Gasteiger partial charge is 0.319 e. The van der Waals surface area contributed by atoms with Crippen LogP contribution in [0.15, 0.2) is 29.7 Å². The summed E-state index contributed by atoms with van der Waals surface area (Å²) in [6, 6.07) is 3.84. The van der Waals surface area contributed by atoms with E-state index in [1.165, 1.54) is 6.08 Å². The molecule has 1 heterocycles. The van der Waals surface area contributed by atoms with Gasteiger partial charge in [-0.25, -0.2) is 13.2 Å². The van der Waals surface area contributed by atoms with Crippen LogP contribution in [0.3, 0.4) is 0 Å². The minimum Gasteiger partial charge on any atom is -0.383 e. The number of methoxy groups -OCH3 is 1. The van der Waals surface area contributed by atoms with Crippen molar-refractivity contribution in [3.05, 3.63) is 40.8 Å². The summed E-state index contributed by atoms with van der Waals surface area (Å²) in [5.74, 6) is -0.363. The number of rotatable bonds is 6. The Bertz CT molecular complexity index is 789. The fraction of sp³-hybridized carbons (Fsp3) is 0.375. The second-order valence-corrected chi connectivity index (χ2v) is 7.57. The Morgan fingerprint density at radius 3 is 2.68 bits per heavy atom. The number of benzene rings is 1. The van der Waals surface area contributed by atoms with Crippen molar-refractivity contribution in [2.24, 2.45) is 0 Å². The molecule has 0 unspecified atom stereocenters. The Kier molecular flexibility index (Phi) is 6.16. The maximum absolute atomic E-state index is 12.0. The van der Waals surface area contributed by atoms with Crippen LogP contribution in [0.1, 0.15) is 15.9 Å². The normalized spacial score (nSPS) is 17.9. The van der Waals surface area contributed by atoms with Crippen molar-refractivity contribution in [1.29, 1.82) is 0 Å². The molecule has 0 radical (unpaired) electrons. The first-order valence-corrected chi connectivity index (χ1v) is 9.38. The van der Waals surface area contributed by atoms with Gasteiger partial charge in [-0.15, -0.1) is 0 Å². The number of ether oxygens (including phenoxy) is 1. The first kappa shape index (κ1) is 18.9. The third-order valence-corrected chi connectivity index (χ3v) is 4.97. The number of nitrogens with one attached hydrogen (secondary N) is 3. The van der Waals surface area contributed by atoms with Crippen LogP contribution in [0.25, 0.3) is 0 Å². The lowest BCUT2D eigenvalue weighted by Gasteiger charge is -2.13. The number of sulfone groups is 1. The summed E-state index contributed by atoms with van der Waals surface area (Å²) in [5, 5.41) is 9.04. The Labute approximate surface area is 146 Å². The largest absolute Gasteiger partial charge is 0.383 e. The molecule has 1 aromatic carbocycles. The molecule has 0 aromatic heterocycles. The summed E-state index contributed by atoms with van der Waals surface area (Å²) in [6.07, 6.45) is 1.44. The van der Waals surface area contributed by atoms with Crippen molar-refractivity contribution < 1.29 is 22.7 Å². The van der Waals surface area contributed by atoms with E-state index in [-0.39, 0.29) is 11.7 Å². The molecule has 0 aliphatic carbocycles. The van der Waals surface area contributed by atoms with Gasteiger partial charge in [0.1, 0.15) is 0 Å². The van der Waals surface area contributed by atoms with Gasteiger partial charge in [0.2, 0.25) is 0 Å². The average molecular weight is 367 g/mol. The van der Waals surface area contributed by atoms with Gasteiger partial charge in [0.05, 0.1) is 18.4 Å². The maximum Gasteiger partial charge on any atom is 0.319 e. The van der Waals surface area contributed by atoms with Crippen molar-refractivity contribution in [3.63, 3.8) is 0 Å². The van der Waals surface area contributed by atoms with Gasteiger partial charge in [0, 0.05) is 30.3 Å². The zero-order valence-corrected chi connectivity index (χ0v) is 14.9. The van der Waals surface area contributed by atoms with Gasteiger partial charge in [0.15, 0.2) is 9.84 Å². The Morgan fingerprint density at radius 2 is 2.08 bits per heavy atom. The highest BCUT2D eigenvalue weighted by Crippen LogP contribution is 2.17. The minimum atomic E-state index is -3.22. The summed E-state index contributed by atoms with van der Waals surface area (Å²) in [7, 11) is -1.67. The number of anilines is 1. The minimum absolute atomic E-state index is 0.139. The van der Waals surface area contributed by atoms with Crippen LogP contribution >= 0.6 is 0 Å². The topological polar surface area (TPSA) is 114 Å². The maximum atomic E-state index is 12.0. The van der Waals surface area contributed by atoms with Gasteiger partial charge in [-0.1, -0.05) is 0 Å². The van der Waals surface area contributed by atoms with Crippen molar-refractivity contribution in [2.75, 3.05) is 31.3 Å². The van der Waals surface area contributed by atoms with E-state index in [1.54, 1.807) is 32.2 Å². The molecule has 2 rings (SSSR count). The van der Waals surface area contributed by atoms with Gasteiger partial charge in [-0.3, -0.25) is 4.79 Å². The van der Waals surface area contributed by atoms with Gasteiger partial charge >= 0.3 is 6.03 Å². The monoisotopic (exact) mass is 367 g/mol. The molecule has 0 saturated heterocycles. The highest BCUT2D eigenvalue weighted by Gasteiger charge is 2.23. The van der Waals surface area contributed by atoms with Crippen LogP contribution in [0.2, 0.25) is 0 Å². The zero-order valence-electron chi connectivity index (χ0n) is 14.0. The van der Waals surface area contributed by atoms with E-state index in [2.05, 4.69) is 16.0 Å². The Balaban J connectivity index is 1.93. The van der Waals surface area contributed by atoms with Crippen molar-refractivity contribution in [2.45, 2.75) is 13.0 Å². The number of aryl methyl sites for hydroxylation is 1. The fourth-order valence-electron chi connectivity index (χ4n) is 2.31. The van der Waals surface area contributed by atoms with Crippen molar-refractivity contribution in [1.82, 2.24) is 10.6 Å². The van der Waals surface area contributed by atoms with Crippen LogP contribution in [0, 0.1) is 6.92 Å². The summed E-state index contributed by atoms with van der Waals surface area (Å²) in [6.45, 7) is 2.60. The molecule has 3 amide bonds. The number of hydrogen-bond acceptors (Lipinski definition) is 5. The van der Waals surface area contributed by atoms with Crippen molar-refractivity contribution in [3.8, 4) is 0 Å². The first-order chi connectivity index (χ1) is 11.8. The van der Waals surface area contributed by atoms with E-state index in [9.17, 15) is 18.0 Å². The molecular formula is C16H21N3O5S. The SMILES string of the molecule is COCCNC(=O)c1ccc(NC(=O)N[C@H]2C=CS(=O)(=O)C2)c(C)c1. The molecule has 1 aromatic rings.